The summed E-state index contributed by atoms with van der Waals surface area (Å²) in [7, 11) is 0. The lowest BCUT2D eigenvalue weighted by Crippen LogP contribution is -2.60. The molecule has 3 fully saturated rings. The second-order valence-corrected chi connectivity index (χ2v) is 10.7. The summed E-state index contributed by atoms with van der Waals surface area (Å²) in [5.74, 6) is -2.76. The van der Waals surface area contributed by atoms with Crippen molar-refractivity contribution in [1.29, 1.82) is 0 Å². The van der Waals surface area contributed by atoms with E-state index in [1.807, 2.05) is 13.8 Å². The third-order valence-corrected chi connectivity index (χ3v) is 8.34. The Hall–Kier alpha value is -1.71. The molecule has 9 heteroatoms. The number of amides is 2. The third-order valence-electron chi connectivity index (χ3n) is 7.50. The van der Waals surface area contributed by atoms with Crippen LogP contribution in [0.25, 0.3) is 0 Å². The number of alkyl halides is 1. The zero-order valence-electron chi connectivity index (χ0n) is 20.3. The lowest BCUT2D eigenvalue weighted by molar-refractivity contribution is -0.156. The van der Waals surface area contributed by atoms with Gasteiger partial charge in [0.2, 0.25) is 11.8 Å². The van der Waals surface area contributed by atoms with E-state index >= 15 is 0 Å². The van der Waals surface area contributed by atoms with Gasteiger partial charge in [-0.25, -0.2) is 0 Å². The summed E-state index contributed by atoms with van der Waals surface area (Å²) in [6.45, 7) is 13.4. The van der Waals surface area contributed by atoms with Gasteiger partial charge in [-0.15, -0.1) is 6.58 Å². The molecule has 2 bridgehead atoms. The van der Waals surface area contributed by atoms with Gasteiger partial charge in [0.15, 0.2) is 0 Å². The van der Waals surface area contributed by atoms with Gasteiger partial charge >= 0.3 is 5.97 Å². The number of aliphatic hydroxyl groups is 1. The van der Waals surface area contributed by atoms with Crippen LogP contribution in [0, 0.1) is 11.8 Å². The lowest BCUT2D eigenvalue weighted by Gasteiger charge is -2.40. The van der Waals surface area contributed by atoms with Crippen LogP contribution < -0.4 is 0 Å². The number of halogens is 1. The Morgan fingerprint density at radius 3 is 2.65 bits per heavy atom. The van der Waals surface area contributed by atoms with Crippen molar-refractivity contribution < 1.29 is 29.0 Å². The summed E-state index contributed by atoms with van der Waals surface area (Å²) in [6.07, 6.45) is 5.17. The average molecular weight is 541 g/mol. The summed E-state index contributed by atoms with van der Waals surface area (Å²) >= 11 is 3.64. The zero-order valence-corrected chi connectivity index (χ0v) is 21.9. The van der Waals surface area contributed by atoms with Crippen molar-refractivity contribution in [3.63, 3.8) is 0 Å². The molecule has 3 rings (SSSR count). The molecule has 2 amide bonds. The predicted molar refractivity (Wildman–Crippen MR) is 131 cm³/mol. The molecule has 0 aromatic carbocycles. The highest BCUT2D eigenvalue weighted by Crippen LogP contribution is 2.60. The number of esters is 1. The number of rotatable bonds is 12. The maximum atomic E-state index is 14.2. The summed E-state index contributed by atoms with van der Waals surface area (Å²) in [6, 6.07) is -1.57. The van der Waals surface area contributed by atoms with E-state index in [1.54, 1.807) is 11.0 Å². The van der Waals surface area contributed by atoms with Crippen LogP contribution in [0.2, 0.25) is 0 Å². The van der Waals surface area contributed by atoms with Crippen molar-refractivity contribution in [1.82, 2.24) is 9.80 Å². The molecule has 3 saturated heterocycles. The van der Waals surface area contributed by atoms with Crippen molar-refractivity contribution >= 4 is 33.7 Å². The molecule has 3 aliphatic heterocycles. The van der Waals surface area contributed by atoms with Gasteiger partial charge in [0.25, 0.3) is 0 Å². The number of ether oxygens (including phenoxy) is 2. The molecule has 0 saturated carbocycles. The van der Waals surface area contributed by atoms with Gasteiger partial charge in [0, 0.05) is 17.4 Å². The van der Waals surface area contributed by atoms with E-state index in [9.17, 15) is 19.5 Å². The Labute approximate surface area is 210 Å². The van der Waals surface area contributed by atoms with Crippen LogP contribution in [0.3, 0.4) is 0 Å². The Balaban J connectivity index is 2.10. The third kappa shape index (κ3) is 4.24. The van der Waals surface area contributed by atoms with Crippen LogP contribution >= 0.6 is 15.9 Å². The molecular weight excluding hydrogens is 504 g/mol. The number of hydrogen-bond acceptors (Lipinski definition) is 6. The molecule has 3 heterocycles. The Bertz CT molecular complexity index is 817. The second kappa shape index (κ2) is 10.9. The van der Waals surface area contributed by atoms with E-state index < -0.39 is 41.6 Å². The van der Waals surface area contributed by atoms with E-state index in [-0.39, 0.29) is 35.9 Å². The molecule has 0 aromatic heterocycles. The highest BCUT2D eigenvalue weighted by molar-refractivity contribution is 9.09. The standard InChI is InChI=1S/C25H37BrN2O6/c1-6-10-15(5)27(11-7-2)23(31)21-25-13-17(26)20(34-25)18(24(32)33-12-8-3)19(25)22(30)28(21)16(9-4)14-29/h7-8,15-21,29H,2-3,6,9-14H2,1,4-5H3/t15?,16-,17?,18-,19-,20-,21?,25?/m0/s1. The fraction of sp³-hybridized carbons (Fsp3) is 0.720. The molecule has 34 heavy (non-hydrogen) atoms. The Morgan fingerprint density at radius 2 is 2.09 bits per heavy atom. The van der Waals surface area contributed by atoms with Crippen LogP contribution in [-0.2, 0) is 23.9 Å². The number of nitrogens with zero attached hydrogens (tertiary/aromatic N) is 2. The average Bonchev–Trinajstić information content (AvgIpc) is 3.40. The van der Waals surface area contributed by atoms with Gasteiger partial charge in [0.1, 0.15) is 18.2 Å². The number of fused-ring (bicyclic) bond motifs is 1. The minimum atomic E-state index is -1.17. The molecule has 0 aliphatic carbocycles. The smallest absolute Gasteiger partial charge is 0.312 e. The first kappa shape index (κ1) is 26.9. The number of aliphatic hydroxyl groups excluding tert-OH is 1. The molecule has 1 spiro atoms. The van der Waals surface area contributed by atoms with Crippen LogP contribution in [0.15, 0.2) is 25.3 Å². The van der Waals surface area contributed by atoms with Gasteiger partial charge in [0.05, 0.1) is 30.6 Å². The number of likely N-dealkylation sites (tertiary alicyclic amines) is 1. The molecular formula is C25H37BrN2O6. The van der Waals surface area contributed by atoms with Crippen molar-refractivity contribution in [2.24, 2.45) is 11.8 Å². The normalized spacial score (nSPS) is 33.4. The van der Waals surface area contributed by atoms with Crippen molar-refractivity contribution in [2.75, 3.05) is 19.8 Å². The van der Waals surface area contributed by atoms with Gasteiger partial charge < -0.3 is 24.4 Å². The molecule has 3 aliphatic rings. The van der Waals surface area contributed by atoms with Gasteiger partial charge in [-0.2, -0.15) is 0 Å². The second-order valence-electron chi connectivity index (χ2n) is 9.49. The fourth-order valence-corrected chi connectivity index (χ4v) is 6.96. The summed E-state index contributed by atoms with van der Waals surface area (Å²) in [5.41, 5.74) is -1.17. The van der Waals surface area contributed by atoms with Crippen molar-refractivity contribution in [2.45, 2.75) is 81.1 Å². The fourth-order valence-electron chi connectivity index (χ4n) is 6.02. The SMILES string of the molecule is C=CCOC(=O)[C@H]1[C@H]2C(=O)N([C@@H](CC)CO)C(C(=O)N(CC=C)C(C)CCC)C23CC(Br)[C@@H]1O3. The van der Waals surface area contributed by atoms with Crippen LogP contribution in [0.5, 0.6) is 0 Å². The Morgan fingerprint density at radius 1 is 1.38 bits per heavy atom. The monoisotopic (exact) mass is 540 g/mol. The van der Waals surface area contributed by atoms with E-state index in [0.29, 0.717) is 19.4 Å². The number of hydrogen-bond donors (Lipinski definition) is 1. The number of carbonyl (C=O) groups is 3. The minimum absolute atomic E-state index is 0.0326. The summed E-state index contributed by atoms with van der Waals surface area (Å²) in [5, 5.41) is 10.1. The summed E-state index contributed by atoms with van der Waals surface area (Å²) < 4.78 is 11.8. The van der Waals surface area contributed by atoms with E-state index in [4.69, 9.17) is 9.47 Å². The highest BCUT2D eigenvalue weighted by Gasteiger charge is 2.77. The number of carbonyl (C=O) groups excluding carboxylic acids is 3. The maximum absolute atomic E-state index is 14.2. The van der Waals surface area contributed by atoms with Gasteiger partial charge in [-0.1, -0.05) is 54.9 Å². The molecule has 1 N–H and O–H groups in total. The molecule has 0 aromatic rings. The van der Waals surface area contributed by atoms with Crippen molar-refractivity contribution in [3.05, 3.63) is 25.3 Å². The quantitative estimate of drug-likeness (QED) is 0.232. The first-order valence-electron chi connectivity index (χ1n) is 12.2. The van der Waals surface area contributed by atoms with E-state index in [2.05, 4.69) is 36.0 Å². The topological polar surface area (TPSA) is 96.4 Å². The molecule has 8 nitrogen and oxygen atoms in total. The molecule has 0 radical (unpaired) electrons. The summed E-state index contributed by atoms with van der Waals surface area (Å²) in [4.78, 5) is 44.2. The molecule has 190 valence electrons. The Kier molecular flexibility index (Phi) is 8.63. The van der Waals surface area contributed by atoms with Crippen LogP contribution in [0.1, 0.15) is 46.5 Å². The van der Waals surface area contributed by atoms with Crippen LogP contribution in [-0.4, -0.2) is 87.1 Å². The maximum Gasteiger partial charge on any atom is 0.312 e. The largest absolute Gasteiger partial charge is 0.461 e. The van der Waals surface area contributed by atoms with Crippen molar-refractivity contribution in [3.8, 4) is 0 Å². The lowest BCUT2D eigenvalue weighted by atomic mass is 9.70. The van der Waals surface area contributed by atoms with E-state index in [1.165, 1.54) is 11.0 Å². The minimum Gasteiger partial charge on any atom is -0.461 e. The van der Waals surface area contributed by atoms with E-state index in [0.717, 1.165) is 12.8 Å². The first-order valence-corrected chi connectivity index (χ1v) is 13.1. The predicted octanol–water partition coefficient (Wildman–Crippen LogP) is 2.44. The molecule has 8 atom stereocenters. The first-order chi connectivity index (χ1) is 16.2. The zero-order chi connectivity index (χ0) is 25.2. The highest BCUT2D eigenvalue weighted by atomic mass is 79.9. The molecule has 4 unspecified atom stereocenters. The van der Waals surface area contributed by atoms with Gasteiger partial charge in [-0.3, -0.25) is 14.4 Å². The van der Waals surface area contributed by atoms with Gasteiger partial charge in [-0.05, 0) is 26.2 Å². The van der Waals surface area contributed by atoms with Crippen LogP contribution in [0.4, 0.5) is 0 Å².